The first-order chi connectivity index (χ1) is 8.40. The number of aliphatic carboxylic acids is 1. The summed E-state index contributed by atoms with van der Waals surface area (Å²) in [5, 5.41) is 15.3. The maximum absolute atomic E-state index is 11.2. The normalized spacial score (nSPS) is 14.8. The smallest absolute Gasteiger partial charge is 0.441 e. The summed E-state index contributed by atoms with van der Waals surface area (Å²) in [6, 6.07) is 0. The first kappa shape index (κ1) is 14.2. The van der Waals surface area contributed by atoms with E-state index in [0.29, 0.717) is 18.8 Å². The van der Waals surface area contributed by atoms with Crippen molar-refractivity contribution in [3.8, 4) is 0 Å². The molecule has 0 saturated heterocycles. The van der Waals surface area contributed by atoms with Gasteiger partial charge < -0.3 is 10.4 Å². The molecule has 1 aromatic rings. The molecule has 0 aliphatic rings. The highest BCUT2D eigenvalue weighted by Crippen LogP contribution is 2.09. The Bertz CT molecular complexity index is 503. The molecule has 1 heterocycles. The number of hydrogen-bond acceptors (Lipinski definition) is 5. The fourth-order valence-corrected chi connectivity index (χ4v) is 1.34. The molecule has 0 aliphatic heterocycles. The molecule has 0 radical (unpaired) electrons. The van der Waals surface area contributed by atoms with Crippen LogP contribution in [0.5, 0.6) is 0 Å². The number of carboxylic acids is 1. The van der Waals surface area contributed by atoms with Gasteiger partial charge >= 0.3 is 11.7 Å². The monoisotopic (exact) mass is 255 g/mol. The molecule has 1 atom stereocenters. The van der Waals surface area contributed by atoms with Crippen LogP contribution in [-0.4, -0.2) is 33.4 Å². The minimum absolute atomic E-state index is 0.313. The summed E-state index contributed by atoms with van der Waals surface area (Å²) in [4.78, 5) is 22.2. The molecule has 1 unspecified atom stereocenters. The third-order valence-electron chi connectivity index (χ3n) is 2.87. The highest BCUT2D eigenvalue weighted by atomic mass is 16.5. The van der Waals surface area contributed by atoms with Crippen LogP contribution in [0.2, 0.25) is 0 Å². The molecule has 0 aliphatic carbocycles. The van der Waals surface area contributed by atoms with E-state index < -0.39 is 17.3 Å². The minimum Gasteiger partial charge on any atom is -0.480 e. The second-order valence-corrected chi connectivity index (χ2v) is 4.17. The Balaban J connectivity index is 2.62. The van der Waals surface area contributed by atoms with E-state index in [0.717, 1.165) is 0 Å². The van der Waals surface area contributed by atoms with Gasteiger partial charge in [0.05, 0.1) is 0 Å². The molecule has 0 amide bonds. The number of likely N-dealkylation sites (N-methyl/N-ethyl adjacent to an activating group) is 1. The van der Waals surface area contributed by atoms with Crippen molar-refractivity contribution in [1.29, 1.82) is 0 Å². The van der Waals surface area contributed by atoms with Crippen molar-refractivity contribution in [1.82, 2.24) is 15.0 Å². The average Bonchev–Trinajstić information content (AvgIpc) is 2.64. The van der Waals surface area contributed by atoms with Gasteiger partial charge in [0.15, 0.2) is 5.82 Å². The Morgan fingerprint density at radius 2 is 2.28 bits per heavy atom. The number of rotatable bonds is 6. The largest absolute Gasteiger partial charge is 0.480 e. The van der Waals surface area contributed by atoms with Gasteiger partial charge in [-0.1, -0.05) is 17.3 Å². The molecule has 1 rings (SSSR count). The standard InChI is InChI=1S/C11H17N3O4/c1-8-13-18-10(17)14(8)7-5-4-6-11(2,12-3)9(15)16/h4-5,12H,6-7H2,1-3H3,(H,15,16). The average molecular weight is 255 g/mol. The van der Waals surface area contributed by atoms with Crippen molar-refractivity contribution in [3.63, 3.8) is 0 Å². The number of aromatic nitrogens is 2. The summed E-state index contributed by atoms with van der Waals surface area (Å²) in [5.74, 6) is -0.959. The molecule has 7 nitrogen and oxygen atoms in total. The van der Waals surface area contributed by atoms with Crippen molar-refractivity contribution in [2.24, 2.45) is 0 Å². The van der Waals surface area contributed by atoms with Gasteiger partial charge in [0, 0.05) is 6.54 Å². The van der Waals surface area contributed by atoms with E-state index in [9.17, 15) is 9.59 Å². The van der Waals surface area contributed by atoms with E-state index in [1.165, 1.54) is 4.57 Å². The fraction of sp³-hybridized carbons (Fsp3) is 0.545. The Morgan fingerprint density at radius 3 is 2.72 bits per heavy atom. The van der Waals surface area contributed by atoms with Crippen molar-refractivity contribution in [3.05, 3.63) is 28.5 Å². The summed E-state index contributed by atoms with van der Waals surface area (Å²) >= 11 is 0. The Labute approximate surface area is 104 Å². The zero-order chi connectivity index (χ0) is 13.8. The first-order valence-electron chi connectivity index (χ1n) is 5.51. The number of hydrogen-bond donors (Lipinski definition) is 2. The zero-order valence-electron chi connectivity index (χ0n) is 10.6. The quantitative estimate of drug-likeness (QED) is 0.702. The molecule has 0 spiro atoms. The maximum Gasteiger partial charge on any atom is 0.441 e. The van der Waals surface area contributed by atoms with Crippen LogP contribution >= 0.6 is 0 Å². The Kier molecular flexibility index (Phi) is 4.43. The molecule has 100 valence electrons. The van der Waals surface area contributed by atoms with Crippen molar-refractivity contribution in [2.45, 2.75) is 32.4 Å². The van der Waals surface area contributed by atoms with Gasteiger partial charge in [0.1, 0.15) is 5.54 Å². The summed E-state index contributed by atoms with van der Waals surface area (Å²) in [7, 11) is 1.59. The van der Waals surface area contributed by atoms with Crippen LogP contribution in [0.15, 0.2) is 21.5 Å². The zero-order valence-corrected chi connectivity index (χ0v) is 10.6. The Hall–Kier alpha value is -1.89. The lowest BCUT2D eigenvalue weighted by atomic mass is 9.98. The number of allylic oxidation sites excluding steroid dienone is 1. The van der Waals surface area contributed by atoms with Crippen molar-refractivity contribution in [2.75, 3.05) is 7.05 Å². The lowest BCUT2D eigenvalue weighted by Crippen LogP contribution is -2.47. The highest BCUT2D eigenvalue weighted by molar-refractivity contribution is 5.78. The second-order valence-electron chi connectivity index (χ2n) is 4.17. The molecular weight excluding hydrogens is 238 g/mol. The van der Waals surface area contributed by atoms with E-state index in [1.807, 2.05) is 0 Å². The van der Waals surface area contributed by atoms with Crippen LogP contribution in [0.1, 0.15) is 19.2 Å². The molecule has 0 bridgehead atoms. The summed E-state index contributed by atoms with van der Waals surface area (Å²) in [6.45, 7) is 3.57. The molecule has 18 heavy (non-hydrogen) atoms. The summed E-state index contributed by atoms with van der Waals surface area (Å²) < 4.78 is 5.82. The molecule has 2 N–H and O–H groups in total. The highest BCUT2D eigenvalue weighted by Gasteiger charge is 2.29. The number of aryl methyl sites for hydroxylation is 1. The SMILES string of the molecule is CNC(C)(CC=CCn1c(C)noc1=O)C(=O)O. The van der Waals surface area contributed by atoms with Crippen LogP contribution in [-0.2, 0) is 11.3 Å². The van der Waals surface area contributed by atoms with Crippen molar-refractivity contribution < 1.29 is 14.4 Å². The molecule has 0 fully saturated rings. The predicted molar refractivity (Wildman–Crippen MR) is 64.4 cm³/mol. The number of carbonyl (C=O) groups is 1. The van der Waals surface area contributed by atoms with Crippen LogP contribution < -0.4 is 11.1 Å². The van der Waals surface area contributed by atoms with Crippen LogP contribution in [0.4, 0.5) is 0 Å². The van der Waals surface area contributed by atoms with E-state index in [-0.39, 0.29) is 0 Å². The van der Waals surface area contributed by atoms with Crippen LogP contribution in [0.25, 0.3) is 0 Å². The fourth-order valence-electron chi connectivity index (χ4n) is 1.34. The number of nitrogens with one attached hydrogen (secondary N) is 1. The van der Waals surface area contributed by atoms with Crippen molar-refractivity contribution >= 4 is 5.97 Å². The number of carboxylic acid groups (broad SMARTS) is 1. The summed E-state index contributed by atoms with van der Waals surface area (Å²) in [6.07, 6.45) is 3.74. The molecule has 1 aromatic heterocycles. The molecule has 0 aromatic carbocycles. The predicted octanol–water partition coefficient (Wildman–Crippen LogP) is 0.154. The van der Waals surface area contributed by atoms with Crippen LogP contribution in [0.3, 0.4) is 0 Å². The van der Waals surface area contributed by atoms with Gasteiger partial charge in [-0.25, -0.2) is 4.79 Å². The third-order valence-corrected chi connectivity index (χ3v) is 2.87. The van der Waals surface area contributed by atoms with Gasteiger partial charge in [0.25, 0.3) is 0 Å². The topological polar surface area (TPSA) is 97.4 Å². The van der Waals surface area contributed by atoms with E-state index in [4.69, 9.17) is 5.11 Å². The van der Waals surface area contributed by atoms with Gasteiger partial charge in [-0.15, -0.1) is 0 Å². The minimum atomic E-state index is -1.01. The molecular formula is C11H17N3O4. The second kappa shape index (κ2) is 5.63. The Morgan fingerprint density at radius 1 is 1.61 bits per heavy atom. The summed E-state index contributed by atoms with van der Waals surface area (Å²) in [5.41, 5.74) is -1.01. The van der Waals surface area contributed by atoms with Crippen LogP contribution in [0, 0.1) is 6.92 Å². The lowest BCUT2D eigenvalue weighted by Gasteiger charge is -2.22. The lowest BCUT2D eigenvalue weighted by molar-refractivity contribution is -0.143. The van der Waals surface area contributed by atoms with Gasteiger partial charge in [-0.05, 0) is 27.3 Å². The molecule has 7 heteroatoms. The van der Waals surface area contributed by atoms with E-state index in [1.54, 1.807) is 33.0 Å². The van der Waals surface area contributed by atoms with E-state index >= 15 is 0 Å². The maximum atomic E-state index is 11.2. The first-order valence-corrected chi connectivity index (χ1v) is 5.51. The van der Waals surface area contributed by atoms with Gasteiger partial charge in [-0.3, -0.25) is 13.9 Å². The van der Waals surface area contributed by atoms with Gasteiger partial charge in [-0.2, -0.15) is 0 Å². The third kappa shape index (κ3) is 3.07. The number of nitrogens with zero attached hydrogens (tertiary/aromatic N) is 2. The van der Waals surface area contributed by atoms with Gasteiger partial charge in [0.2, 0.25) is 0 Å². The molecule has 0 saturated carbocycles. The van der Waals surface area contributed by atoms with E-state index in [2.05, 4.69) is 15.0 Å².